The predicted octanol–water partition coefficient (Wildman–Crippen LogP) is 5.83. The third kappa shape index (κ3) is 2.85. The summed E-state index contributed by atoms with van der Waals surface area (Å²) in [4.78, 5) is 9.28. The van der Waals surface area contributed by atoms with Gasteiger partial charge in [-0.25, -0.2) is 9.97 Å². The fourth-order valence-electron chi connectivity index (χ4n) is 3.16. The van der Waals surface area contributed by atoms with Crippen molar-refractivity contribution in [3.8, 4) is 11.5 Å². The van der Waals surface area contributed by atoms with Crippen molar-refractivity contribution in [2.75, 3.05) is 0 Å². The first kappa shape index (κ1) is 17.8. The largest absolute Gasteiger partial charge is 0.506 e. The zero-order chi connectivity index (χ0) is 19.3. The van der Waals surface area contributed by atoms with Crippen molar-refractivity contribution in [3.63, 3.8) is 0 Å². The highest BCUT2D eigenvalue weighted by atomic mass is 35.5. The summed E-state index contributed by atoms with van der Waals surface area (Å²) in [5.74, 6) is 0.144. The van der Waals surface area contributed by atoms with Crippen molar-refractivity contribution in [3.05, 3.63) is 70.0 Å². The van der Waals surface area contributed by atoms with E-state index >= 15 is 0 Å². The Bertz CT molecular complexity index is 1110. The Morgan fingerprint density at radius 2 is 1.07 bits per heavy atom. The smallest absolute Gasteiger partial charge is 0.141 e. The molecule has 136 valence electrons. The molecule has 0 saturated carbocycles. The van der Waals surface area contributed by atoms with Gasteiger partial charge < -0.3 is 10.2 Å². The van der Waals surface area contributed by atoms with E-state index in [1.165, 1.54) is 12.1 Å². The van der Waals surface area contributed by atoms with Gasteiger partial charge >= 0.3 is 0 Å². The molecule has 4 rings (SSSR count). The Morgan fingerprint density at radius 1 is 0.667 bits per heavy atom. The summed E-state index contributed by atoms with van der Waals surface area (Å²) in [5, 5.41) is 22.8. The molecule has 0 amide bonds. The van der Waals surface area contributed by atoms with E-state index in [9.17, 15) is 10.2 Å². The molecule has 0 fully saturated rings. The molecule has 4 aromatic rings. The van der Waals surface area contributed by atoms with Crippen LogP contribution in [-0.4, -0.2) is 20.2 Å². The van der Waals surface area contributed by atoms with Crippen LogP contribution in [0.5, 0.6) is 11.5 Å². The van der Waals surface area contributed by atoms with Crippen LogP contribution in [0, 0.1) is 0 Å². The van der Waals surface area contributed by atoms with Gasteiger partial charge in [0.05, 0.1) is 21.4 Å². The maximum Gasteiger partial charge on any atom is 0.141 e. The number of halogens is 2. The van der Waals surface area contributed by atoms with E-state index in [1.54, 1.807) is 12.1 Å². The van der Waals surface area contributed by atoms with Crippen LogP contribution in [0.25, 0.3) is 21.8 Å². The minimum absolute atomic E-state index is 0.0722. The number of hydrogen-bond donors (Lipinski definition) is 2. The van der Waals surface area contributed by atoms with Gasteiger partial charge in [0, 0.05) is 16.2 Å². The number of phenolic OH excluding ortho intramolecular Hbond substituents is 2. The molecule has 0 unspecified atom stereocenters. The van der Waals surface area contributed by atoms with Crippen LogP contribution < -0.4 is 0 Å². The predicted molar refractivity (Wildman–Crippen MR) is 109 cm³/mol. The molecule has 2 N–H and O–H groups in total. The quantitative estimate of drug-likeness (QED) is 0.445. The molecule has 0 radical (unpaired) electrons. The van der Waals surface area contributed by atoms with Crippen molar-refractivity contribution in [1.29, 1.82) is 0 Å². The summed E-state index contributed by atoms with van der Waals surface area (Å²) in [7, 11) is 0. The number of nitrogens with zero attached hydrogens (tertiary/aromatic N) is 2. The summed E-state index contributed by atoms with van der Waals surface area (Å²) in [6.07, 6.45) is 0. The maximum absolute atomic E-state index is 10.2. The van der Waals surface area contributed by atoms with Crippen LogP contribution in [0.3, 0.4) is 0 Å². The van der Waals surface area contributed by atoms with E-state index in [0.29, 0.717) is 31.9 Å². The number of benzene rings is 2. The molecule has 2 aromatic heterocycles. The first-order chi connectivity index (χ1) is 12.8. The molecule has 0 saturated heterocycles. The Kier molecular flexibility index (Phi) is 4.13. The van der Waals surface area contributed by atoms with E-state index < -0.39 is 5.41 Å². The lowest BCUT2D eigenvalue weighted by molar-refractivity contribution is 0.479. The van der Waals surface area contributed by atoms with Crippen LogP contribution in [0.1, 0.15) is 25.2 Å². The molecule has 0 spiro atoms. The summed E-state index contributed by atoms with van der Waals surface area (Å²) in [6.45, 7) is 3.97. The van der Waals surface area contributed by atoms with Gasteiger partial charge in [0.1, 0.15) is 22.5 Å². The number of hydrogen-bond acceptors (Lipinski definition) is 4. The number of pyridine rings is 2. The Balaban J connectivity index is 1.91. The van der Waals surface area contributed by atoms with Gasteiger partial charge in [0.25, 0.3) is 0 Å². The molecule has 0 aliphatic heterocycles. The van der Waals surface area contributed by atoms with Crippen molar-refractivity contribution < 1.29 is 10.2 Å². The molecule has 2 aromatic carbocycles. The highest BCUT2D eigenvalue weighted by Crippen LogP contribution is 2.36. The molecule has 6 heteroatoms. The number of rotatable bonds is 2. The molecule has 0 aliphatic rings. The molecular weight excluding hydrogens is 383 g/mol. The molecule has 4 nitrogen and oxygen atoms in total. The Morgan fingerprint density at radius 3 is 1.48 bits per heavy atom. The van der Waals surface area contributed by atoms with E-state index in [-0.39, 0.29) is 11.5 Å². The van der Waals surface area contributed by atoms with Crippen LogP contribution in [0.2, 0.25) is 10.0 Å². The fraction of sp³-hybridized carbons (Fsp3) is 0.143. The molecule has 0 bridgehead atoms. The van der Waals surface area contributed by atoms with E-state index in [4.69, 9.17) is 23.2 Å². The van der Waals surface area contributed by atoms with Crippen LogP contribution in [-0.2, 0) is 5.41 Å². The monoisotopic (exact) mass is 398 g/mol. The van der Waals surface area contributed by atoms with E-state index in [2.05, 4.69) is 9.97 Å². The van der Waals surface area contributed by atoms with Gasteiger partial charge in [-0.05, 0) is 62.4 Å². The lowest BCUT2D eigenvalue weighted by Crippen LogP contribution is -2.22. The maximum atomic E-state index is 10.2. The lowest BCUT2D eigenvalue weighted by atomic mass is 9.84. The van der Waals surface area contributed by atoms with E-state index in [1.807, 2.05) is 38.1 Å². The third-order valence-corrected chi connectivity index (χ3v) is 5.51. The first-order valence-corrected chi connectivity index (χ1v) is 9.12. The SMILES string of the molecule is CC(C)(c1ccc2c(Cl)ccc(O)c2n1)c1ccc2c(Cl)ccc(O)c2n1. The van der Waals surface area contributed by atoms with Crippen molar-refractivity contribution >= 4 is 45.0 Å². The molecular formula is C21H16Cl2N2O2. The summed E-state index contributed by atoms with van der Waals surface area (Å²) >= 11 is 12.4. The topological polar surface area (TPSA) is 66.2 Å². The second kappa shape index (κ2) is 6.25. The third-order valence-electron chi connectivity index (χ3n) is 4.85. The standard InChI is InChI=1S/C21H16Cl2N2O2/c1-21(2,17-9-3-11-13(22)5-7-15(26)19(11)24-17)18-10-4-12-14(23)6-8-16(27)20(12)25-18/h3-10,26-27H,1-2H3. The molecule has 0 atom stereocenters. The fourth-order valence-corrected chi connectivity index (χ4v) is 3.59. The highest BCUT2D eigenvalue weighted by molar-refractivity contribution is 6.36. The van der Waals surface area contributed by atoms with Gasteiger partial charge in [-0.15, -0.1) is 0 Å². The molecule has 2 heterocycles. The average Bonchev–Trinajstić information content (AvgIpc) is 2.67. The van der Waals surface area contributed by atoms with Crippen molar-refractivity contribution in [2.24, 2.45) is 0 Å². The van der Waals surface area contributed by atoms with E-state index in [0.717, 1.165) is 11.4 Å². The summed E-state index contributed by atoms with van der Waals surface area (Å²) < 4.78 is 0. The summed E-state index contributed by atoms with van der Waals surface area (Å²) in [5.41, 5.74) is 1.76. The Labute approximate surface area is 166 Å². The normalized spacial score (nSPS) is 12.0. The van der Waals surface area contributed by atoms with Crippen molar-refractivity contribution in [1.82, 2.24) is 9.97 Å². The van der Waals surface area contributed by atoms with Crippen LogP contribution in [0.4, 0.5) is 0 Å². The second-order valence-corrected chi connectivity index (χ2v) is 7.76. The zero-order valence-electron chi connectivity index (χ0n) is 14.7. The van der Waals surface area contributed by atoms with Crippen LogP contribution >= 0.6 is 23.2 Å². The van der Waals surface area contributed by atoms with Gasteiger partial charge in [0.2, 0.25) is 0 Å². The molecule has 27 heavy (non-hydrogen) atoms. The summed E-state index contributed by atoms with van der Waals surface area (Å²) in [6, 6.07) is 13.8. The number of phenols is 2. The van der Waals surface area contributed by atoms with Crippen LogP contribution in [0.15, 0.2) is 48.5 Å². The number of aromatic hydroxyl groups is 2. The van der Waals surface area contributed by atoms with Gasteiger partial charge in [-0.2, -0.15) is 0 Å². The van der Waals surface area contributed by atoms with Gasteiger partial charge in [-0.1, -0.05) is 23.2 Å². The minimum atomic E-state index is -0.577. The molecule has 0 aliphatic carbocycles. The zero-order valence-corrected chi connectivity index (χ0v) is 16.2. The number of fused-ring (bicyclic) bond motifs is 2. The van der Waals surface area contributed by atoms with Gasteiger partial charge in [-0.3, -0.25) is 0 Å². The van der Waals surface area contributed by atoms with Crippen molar-refractivity contribution in [2.45, 2.75) is 19.3 Å². The number of aromatic nitrogens is 2. The lowest BCUT2D eigenvalue weighted by Gasteiger charge is -2.24. The highest BCUT2D eigenvalue weighted by Gasteiger charge is 2.28. The second-order valence-electron chi connectivity index (χ2n) is 6.94. The van der Waals surface area contributed by atoms with Gasteiger partial charge in [0.15, 0.2) is 0 Å². The first-order valence-electron chi connectivity index (χ1n) is 8.36. The average molecular weight is 399 g/mol. The minimum Gasteiger partial charge on any atom is -0.506 e. The Hall–Kier alpha value is -2.56.